The molecule has 3 N–H and O–H groups in total. The summed E-state index contributed by atoms with van der Waals surface area (Å²) < 4.78 is 0. The van der Waals surface area contributed by atoms with E-state index in [4.69, 9.17) is 17.3 Å². The van der Waals surface area contributed by atoms with Gasteiger partial charge in [-0.2, -0.15) is 0 Å². The van der Waals surface area contributed by atoms with Crippen molar-refractivity contribution in [2.45, 2.75) is 37.8 Å². The highest BCUT2D eigenvalue weighted by molar-refractivity contribution is 6.28. The molecule has 1 aromatic heterocycles. The zero-order chi connectivity index (χ0) is 10.7. The summed E-state index contributed by atoms with van der Waals surface area (Å²) in [5.41, 5.74) is 6.03. The predicted molar refractivity (Wildman–Crippen MR) is 60.9 cm³/mol. The summed E-state index contributed by atoms with van der Waals surface area (Å²) in [6.07, 6.45) is 6.28. The quantitative estimate of drug-likeness (QED) is 0.755. The number of rotatable bonds is 2. The third kappa shape index (κ3) is 2.79. The van der Waals surface area contributed by atoms with Crippen LogP contribution in [-0.2, 0) is 0 Å². The van der Waals surface area contributed by atoms with E-state index >= 15 is 0 Å². The molecule has 0 unspecified atom stereocenters. The van der Waals surface area contributed by atoms with Crippen LogP contribution in [-0.4, -0.2) is 22.1 Å². The standard InChI is InChI=1S/C10H15ClN4/c11-10-13-6-5-9(15-10)14-8-4-2-1-3-7(8)12/h5-8H,1-4,12H2,(H,13,14,15)/t7-,8-/m1/s1. The lowest BCUT2D eigenvalue weighted by molar-refractivity contribution is 0.403. The van der Waals surface area contributed by atoms with E-state index in [0.717, 1.165) is 18.7 Å². The first-order valence-corrected chi connectivity index (χ1v) is 5.64. The molecule has 1 aliphatic carbocycles. The zero-order valence-corrected chi connectivity index (χ0v) is 9.24. The number of nitrogens with one attached hydrogen (secondary N) is 1. The van der Waals surface area contributed by atoms with Crippen molar-refractivity contribution in [1.82, 2.24) is 9.97 Å². The molecule has 0 aliphatic heterocycles. The molecule has 4 nitrogen and oxygen atoms in total. The minimum atomic E-state index is 0.215. The number of hydrogen-bond donors (Lipinski definition) is 2. The third-order valence-corrected chi connectivity index (χ3v) is 2.96. The second kappa shape index (κ2) is 4.77. The Morgan fingerprint density at radius 3 is 2.93 bits per heavy atom. The normalized spacial score (nSPS) is 26.3. The van der Waals surface area contributed by atoms with Gasteiger partial charge in [-0.3, -0.25) is 0 Å². The average molecular weight is 227 g/mol. The van der Waals surface area contributed by atoms with Gasteiger partial charge in [0.25, 0.3) is 0 Å². The van der Waals surface area contributed by atoms with Crippen LogP contribution in [0.3, 0.4) is 0 Å². The molecule has 1 heterocycles. The first kappa shape index (κ1) is 10.6. The van der Waals surface area contributed by atoms with Gasteiger partial charge in [-0.15, -0.1) is 0 Å². The summed E-state index contributed by atoms with van der Waals surface area (Å²) in [5, 5.41) is 3.58. The summed E-state index contributed by atoms with van der Waals surface area (Å²) in [5.74, 6) is 0.761. The summed E-state index contributed by atoms with van der Waals surface area (Å²) in [7, 11) is 0. The maximum atomic E-state index is 6.03. The molecule has 2 rings (SSSR count). The van der Waals surface area contributed by atoms with Crippen molar-refractivity contribution in [2.24, 2.45) is 5.73 Å². The molecule has 0 saturated heterocycles. The van der Waals surface area contributed by atoms with Crippen LogP contribution in [0.25, 0.3) is 0 Å². The largest absolute Gasteiger partial charge is 0.366 e. The lowest BCUT2D eigenvalue weighted by atomic mass is 9.91. The highest BCUT2D eigenvalue weighted by Crippen LogP contribution is 2.20. The minimum absolute atomic E-state index is 0.215. The number of anilines is 1. The van der Waals surface area contributed by atoms with E-state index in [2.05, 4.69) is 15.3 Å². The van der Waals surface area contributed by atoms with Crippen LogP contribution >= 0.6 is 11.6 Å². The minimum Gasteiger partial charge on any atom is -0.366 e. The Hall–Kier alpha value is -0.870. The molecule has 2 atom stereocenters. The lowest BCUT2D eigenvalue weighted by Crippen LogP contribution is -2.42. The molecule has 1 aliphatic rings. The van der Waals surface area contributed by atoms with Gasteiger partial charge in [0.05, 0.1) is 0 Å². The molecule has 0 spiro atoms. The van der Waals surface area contributed by atoms with Crippen LogP contribution in [0.4, 0.5) is 5.82 Å². The Kier molecular flexibility index (Phi) is 3.38. The van der Waals surface area contributed by atoms with Crippen LogP contribution in [0.2, 0.25) is 5.28 Å². The first-order chi connectivity index (χ1) is 7.25. The molecule has 1 fully saturated rings. The lowest BCUT2D eigenvalue weighted by Gasteiger charge is -2.29. The summed E-state index contributed by atoms with van der Waals surface area (Å²) in [6, 6.07) is 2.34. The molecular formula is C10H15ClN4. The van der Waals surface area contributed by atoms with Gasteiger partial charge >= 0.3 is 0 Å². The van der Waals surface area contributed by atoms with Gasteiger partial charge in [0, 0.05) is 18.3 Å². The molecule has 1 saturated carbocycles. The summed E-state index contributed by atoms with van der Waals surface area (Å²) in [4.78, 5) is 7.92. The number of nitrogens with zero attached hydrogens (tertiary/aromatic N) is 2. The molecule has 0 radical (unpaired) electrons. The van der Waals surface area contributed by atoms with Crippen molar-refractivity contribution in [1.29, 1.82) is 0 Å². The van der Waals surface area contributed by atoms with Crippen molar-refractivity contribution in [3.8, 4) is 0 Å². The van der Waals surface area contributed by atoms with Crippen LogP contribution < -0.4 is 11.1 Å². The Morgan fingerprint density at radius 1 is 1.40 bits per heavy atom. The van der Waals surface area contributed by atoms with Gasteiger partial charge in [0.1, 0.15) is 5.82 Å². The van der Waals surface area contributed by atoms with Crippen molar-refractivity contribution < 1.29 is 0 Å². The van der Waals surface area contributed by atoms with E-state index in [0.29, 0.717) is 6.04 Å². The Morgan fingerprint density at radius 2 is 2.20 bits per heavy atom. The van der Waals surface area contributed by atoms with Crippen molar-refractivity contribution in [2.75, 3.05) is 5.32 Å². The number of hydrogen-bond acceptors (Lipinski definition) is 4. The molecular weight excluding hydrogens is 212 g/mol. The second-order valence-electron chi connectivity index (χ2n) is 3.91. The molecule has 5 heteroatoms. The maximum absolute atomic E-state index is 6.03. The molecule has 15 heavy (non-hydrogen) atoms. The van der Waals surface area contributed by atoms with Gasteiger partial charge in [-0.05, 0) is 30.5 Å². The van der Waals surface area contributed by atoms with Gasteiger partial charge in [0.2, 0.25) is 5.28 Å². The van der Waals surface area contributed by atoms with E-state index in [1.807, 2.05) is 6.07 Å². The molecule has 0 aromatic carbocycles. The molecule has 1 aromatic rings. The fourth-order valence-electron chi connectivity index (χ4n) is 1.94. The van der Waals surface area contributed by atoms with Gasteiger partial charge in [-0.1, -0.05) is 12.8 Å². The fraction of sp³-hybridized carbons (Fsp3) is 0.600. The van der Waals surface area contributed by atoms with Crippen molar-refractivity contribution in [3.05, 3.63) is 17.5 Å². The van der Waals surface area contributed by atoms with E-state index in [1.54, 1.807) is 6.20 Å². The van der Waals surface area contributed by atoms with E-state index in [1.165, 1.54) is 12.8 Å². The molecule has 82 valence electrons. The predicted octanol–water partition coefficient (Wildman–Crippen LogP) is 1.81. The maximum Gasteiger partial charge on any atom is 0.224 e. The van der Waals surface area contributed by atoms with Crippen LogP contribution in [0.1, 0.15) is 25.7 Å². The van der Waals surface area contributed by atoms with Crippen molar-refractivity contribution >= 4 is 17.4 Å². The average Bonchev–Trinajstić information content (AvgIpc) is 2.22. The van der Waals surface area contributed by atoms with E-state index in [-0.39, 0.29) is 11.3 Å². The van der Waals surface area contributed by atoms with Crippen LogP contribution in [0.15, 0.2) is 12.3 Å². The topological polar surface area (TPSA) is 63.8 Å². The summed E-state index contributed by atoms with van der Waals surface area (Å²) in [6.45, 7) is 0. The van der Waals surface area contributed by atoms with Gasteiger partial charge in [0.15, 0.2) is 0 Å². The van der Waals surface area contributed by atoms with Crippen LogP contribution in [0, 0.1) is 0 Å². The smallest absolute Gasteiger partial charge is 0.224 e. The monoisotopic (exact) mass is 226 g/mol. The Balaban J connectivity index is 2.01. The highest BCUT2D eigenvalue weighted by Gasteiger charge is 2.21. The Labute approximate surface area is 94.2 Å². The number of halogens is 1. The first-order valence-electron chi connectivity index (χ1n) is 5.26. The zero-order valence-electron chi connectivity index (χ0n) is 8.49. The van der Waals surface area contributed by atoms with E-state index in [9.17, 15) is 0 Å². The third-order valence-electron chi connectivity index (χ3n) is 2.78. The van der Waals surface area contributed by atoms with Gasteiger partial charge in [-0.25, -0.2) is 9.97 Å². The van der Waals surface area contributed by atoms with Gasteiger partial charge < -0.3 is 11.1 Å². The Bertz CT molecular complexity index is 331. The number of nitrogens with two attached hydrogens (primary N) is 1. The van der Waals surface area contributed by atoms with E-state index < -0.39 is 0 Å². The molecule has 0 amide bonds. The second-order valence-corrected chi connectivity index (χ2v) is 4.25. The fourth-order valence-corrected chi connectivity index (χ4v) is 2.09. The SMILES string of the molecule is N[C@@H]1CCCC[C@H]1Nc1ccnc(Cl)n1. The molecule has 0 bridgehead atoms. The van der Waals surface area contributed by atoms with Crippen molar-refractivity contribution in [3.63, 3.8) is 0 Å². The number of aromatic nitrogens is 2. The summed E-state index contributed by atoms with van der Waals surface area (Å²) >= 11 is 5.71. The highest BCUT2D eigenvalue weighted by atomic mass is 35.5. The van der Waals surface area contributed by atoms with Crippen LogP contribution in [0.5, 0.6) is 0 Å².